The molecule has 0 aromatic heterocycles. The van der Waals surface area contributed by atoms with Crippen molar-refractivity contribution in [2.24, 2.45) is 0 Å². The van der Waals surface area contributed by atoms with Gasteiger partial charge in [0, 0.05) is 13.1 Å². The number of carbonyl (C=O) groups excluding carboxylic acids is 1. The number of β-amino-alcohol motifs (C(OH)–C–C–N with tert-alkyl or cyclic N) is 1. The maximum atomic E-state index is 11.3. The molecule has 5 nitrogen and oxygen atoms in total. The quantitative estimate of drug-likeness (QED) is 0.581. The molecule has 1 atom stereocenters. The van der Waals surface area contributed by atoms with Crippen molar-refractivity contribution >= 4 is 17.3 Å². The van der Waals surface area contributed by atoms with Crippen LogP contribution in [0, 0.1) is 0 Å². The normalized spacial score (nSPS) is 19.4. The fraction of sp³-hybridized carbons (Fsp3) is 0.417. The van der Waals surface area contributed by atoms with Crippen LogP contribution in [0.4, 0.5) is 11.4 Å². The Labute approximate surface area is 99.8 Å². The molecule has 17 heavy (non-hydrogen) atoms. The average molecular weight is 236 g/mol. The van der Waals surface area contributed by atoms with Crippen LogP contribution in [0.25, 0.3) is 0 Å². The zero-order valence-corrected chi connectivity index (χ0v) is 9.72. The third-order valence-electron chi connectivity index (χ3n) is 2.95. The van der Waals surface area contributed by atoms with Gasteiger partial charge in [-0.3, -0.25) is 0 Å². The first kappa shape index (κ1) is 11.7. The minimum absolute atomic E-state index is 0.297. The molecule has 1 heterocycles. The smallest absolute Gasteiger partial charge is 0.337 e. The fourth-order valence-electron chi connectivity index (χ4n) is 2.05. The number of benzene rings is 1. The second-order valence-corrected chi connectivity index (χ2v) is 4.15. The van der Waals surface area contributed by atoms with Gasteiger partial charge in [0.1, 0.15) is 0 Å². The lowest BCUT2D eigenvalue weighted by atomic mass is 10.1. The first-order chi connectivity index (χ1) is 8.11. The van der Waals surface area contributed by atoms with Crippen LogP contribution < -0.4 is 10.6 Å². The first-order valence-corrected chi connectivity index (χ1v) is 5.52. The van der Waals surface area contributed by atoms with Crippen molar-refractivity contribution in [1.29, 1.82) is 0 Å². The average Bonchev–Trinajstić information content (AvgIpc) is 2.74. The van der Waals surface area contributed by atoms with Crippen molar-refractivity contribution in [1.82, 2.24) is 0 Å². The minimum atomic E-state index is -0.398. The maximum absolute atomic E-state index is 11.3. The molecule has 0 radical (unpaired) electrons. The number of carbonyl (C=O) groups is 1. The predicted octanol–water partition coefficient (Wildman–Crippen LogP) is 0.626. The van der Waals surface area contributed by atoms with Crippen LogP contribution in [0.1, 0.15) is 16.8 Å². The van der Waals surface area contributed by atoms with E-state index in [0.29, 0.717) is 17.8 Å². The number of ether oxygens (including phenoxy) is 1. The molecule has 0 aliphatic carbocycles. The summed E-state index contributed by atoms with van der Waals surface area (Å²) in [4.78, 5) is 13.3. The maximum Gasteiger partial charge on any atom is 0.337 e. The van der Waals surface area contributed by atoms with Crippen LogP contribution in [0.3, 0.4) is 0 Å². The molecule has 2 rings (SSSR count). The molecule has 1 aliphatic heterocycles. The van der Waals surface area contributed by atoms with Gasteiger partial charge in [0.15, 0.2) is 0 Å². The van der Waals surface area contributed by atoms with Crippen molar-refractivity contribution in [3.8, 4) is 0 Å². The number of methoxy groups -OCH3 is 1. The van der Waals surface area contributed by atoms with Gasteiger partial charge >= 0.3 is 5.97 Å². The van der Waals surface area contributed by atoms with Gasteiger partial charge in [-0.05, 0) is 24.6 Å². The third-order valence-corrected chi connectivity index (χ3v) is 2.95. The summed E-state index contributed by atoms with van der Waals surface area (Å²) in [5, 5.41) is 9.48. The molecular weight excluding hydrogens is 220 g/mol. The Morgan fingerprint density at radius 2 is 2.35 bits per heavy atom. The van der Waals surface area contributed by atoms with E-state index >= 15 is 0 Å². The molecule has 92 valence electrons. The van der Waals surface area contributed by atoms with Crippen LogP contribution >= 0.6 is 0 Å². The van der Waals surface area contributed by atoms with Gasteiger partial charge < -0.3 is 20.5 Å². The predicted molar refractivity (Wildman–Crippen MR) is 65.0 cm³/mol. The van der Waals surface area contributed by atoms with Gasteiger partial charge in [0.2, 0.25) is 0 Å². The molecule has 1 unspecified atom stereocenters. The van der Waals surface area contributed by atoms with E-state index in [0.717, 1.165) is 18.7 Å². The Balaban J connectivity index is 2.23. The number of anilines is 2. The van der Waals surface area contributed by atoms with Gasteiger partial charge in [-0.1, -0.05) is 0 Å². The number of hydrogen-bond acceptors (Lipinski definition) is 5. The molecule has 0 amide bonds. The molecule has 0 saturated carbocycles. The fourth-order valence-corrected chi connectivity index (χ4v) is 2.05. The molecule has 1 fully saturated rings. The number of nitrogen functional groups attached to an aromatic ring is 1. The molecule has 3 N–H and O–H groups in total. The lowest BCUT2D eigenvalue weighted by Gasteiger charge is -2.20. The van der Waals surface area contributed by atoms with Crippen LogP contribution in [0.5, 0.6) is 0 Å². The summed E-state index contributed by atoms with van der Waals surface area (Å²) >= 11 is 0. The topological polar surface area (TPSA) is 75.8 Å². The van der Waals surface area contributed by atoms with Gasteiger partial charge in [0.25, 0.3) is 0 Å². The SMILES string of the molecule is COC(=O)c1ccc(N2CCC(O)C2)c(N)c1. The molecule has 0 spiro atoms. The first-order valence-electron chi connectivity index (χ1n) is 5.52. The van der Waals surface area contributed by atoms with Crippen molar-refractivity contribution in [3.63, 3.8) is 0 Å². The van der Waals surface area contributed by atoms with E-state index in [1.165, 1.54) is 7.11 Å². The number of esters is 1. The summed E-state index contributed by atoms with van der Waals surface area (Å²) in [5.74, 6) is -0.398. The van der Waals surface area contributed by atoms with Crippen molar-refractivity contribution in [2.75, 3.05) is 30.8 Å². The molecule has 0 bridgehead atoms. The summed E-state index contributed by atoms with van der Waals surface area (Å²) in [6, 6.07) is 5.08. The largest absolute Gasteiger partial charge is 0.465 e. The van der Waals surface area contributed by atoms with Crippen LogP contribution in [0.2, 0.25) is 0 Å². The van der Waals surface area contributed by atoms with E-state index in [9.17, 15) is 9.90 Å². The van der Waals surface area contributed by atoms with Crippen molar-refractivity contribution in [2.45, 2.75) is 12.5 Å². The van der Waals surface area contributed by atoms with Gasteiger partial charge in [-0.25, -0.2) is 4.79 Å². The summed E-state index contributed by atoms with van der Waals surface area (Å²) in [5.41, 5.74) is 7.73. The van der Waals surface area contributed by atoms with Crippen molar-refractivity contribution < 1.29 is 14.6 Å². The number of nitrogens with two attached hydrogens (primary N) is 1. The second kappa shape index (κ2) is 4.63. The monoisotopic (exact) mass is 236 g/mol. The number of nitrogens with zero attached hydrogens (tertiary/aromatic N) is 1. The third kappa shape index (κ3) is 2.34. The Hall–Kier alpha value is -1.75. The standard InChI is InChI=1S/C12H16N2O3/c1-17-12(16)8-2-3-11(10(13)6-8)14-5-4-9(15)7-14/h2-3,6,9,15H,4-5,7,13H2,1H3. The highest BCUT2D eigenvalue weighted by Crippen LogP contribution is 2.27. The van der Waals surface area contributed by atoms with E-state index in [1.807, 2.05) is 4.90 Å². The minimum Gasteiger partial charge on any atom is -0.465 e. The van der Waals surface area contributed by atoms with E-state index in [-0.39, 0.29) is 6.10 Å². The van der Waals surface area contributed by atoms with Crippen LogP contribution in [-0.4, -0.2) is 37.4 Å². The molecule has 1 aromatic rings. The second-order valence-electron chi connectivity index (χ2n) is 4.15. The van der Waals surface area contributed by atoms with E-state index in [4.69, 9.17) is 5.73 Å². The Kier molecular flexibility index (Phi) is 3.19. The number of rotatable bonds is 2. The number of hydrogen-bond donors (Lipinski definition) is 2. The zero-order valence-electron chi connectivity index (χ0n) is 9.72. The van der Waals surface area contributed by atoms with Crippen LogP contribution in [0.15, 0.2) is 18.2 Å². The summed E-state index contributed by atoms with van der Waals surface area (Å²) in [6.07, 6.45) is 0.452. The number of aliphatic hydroxyl groups is 1. The Morgan fingerprint density at radius 1 is 1.59 bits per heavy atom. The van der Waals surface area contributed by atoms with Gasteiger partial charge in [-0.15, -0.1) is 0 Å². The zero-order chi connectivity index (χ0) is 12.4. The Bertz CT molecular complexity index is 434. The van der Waals surface area contributed by atoms with Gasteiger partial charge in [-0.2, -0.15) is 0 Å². The van der Waals surface area contributed by atoms with E-state index in [1.54, 1.807) is 18.2 Å². The molecule has 5 heteroatoms. The number of aliphatic hydroxyl groups excluding tert-OH is 1. The van der Waals surface area contributed by atoms with Crippen molar-refractivity contribution in [3.05, 3.63) is 23.8 Å². The Morgan fingerprint density at radius 3 is 2.88 bits per heavy atom. The summed E-state index contributed by atoms with van der Waals surface area (Å²) < 4.78 is 4.63. The van der Waals surface area contributed by atoms with Gasteiger partial charge in [0.05, 0.1) is 30.2 Å². The summed E-state index contributed by atoms with van der Waals surface area (Å²) in [7, 11) is 1.34. The molecule has 1 aliphatic rings. The summed E-state index contributed by atoms with van der Waals surface area (Å²) in [6.45, 7) is 1.37. The highest BCUT2D eigenvalue weighted by Gasteiger charge is 2.22. The lowest BCUT2D eigenvalue weighted by molar-refractivity contribution is 0.0601. The molecule has 1 saturated heterocycles. The van der Waals surface area contributed by atoms with Crippen LogP contribution in [-0.2, 0) is 4.74 Å². The van der Waals surface area contributed by atoms with E-state index < -0.39 is 5.97 Å². The van der Waals surface area contributed by atoms with E-state index in [2.05, 4.69) is 4.74 Å². The highest BCUT2D eigenvalue weighted by molar-refractivity contribution is 5.92. The lowest BCUT2D eigenvalue weighted by Crippen LogP contribution is -2.22. The highest BCUT2D eigenvalue weighted by atomic mass is 16.5. The molecule has 1 aromatic carbocycles. The molecular formula is C12H16N2O3.